The van der Waals surface area contributed by atoms with Gasteiger partial charge >= 0.3 is 0 Å². The van der Waals surface area contributed by atoms with Crippen molar-refractivity contribution in [2.24, 2.45) is 0 Å². The number of rotatable bonds is 4. The van der Waals surface area contributed by atoms with Gasteiger partial charge in [-0.25, -0.2) is 0 Å². The van der Waals surface area contributed by atoms with Gasteiger partial charge in [0.2, 0.25) is 0 Å². The highest BCUT2D eigenvalue weighted by molar-refractivity contribution is 6.35. The van der Waals surface area contributed by atoms with Gasteiger partial charge in [0, 0.05) is 15.1 Å². The van der Waals surface area contributed by atoms with Gasteiger partial charge in [-0.3, -0.25) is 0 Å². The molecule has 0 amide bonds. The third-order valence-corrected chi connectivity index (χ3v) is 4.16. The van der Waals surface area contributed by atoms with Crippen LogP contribution in [0, 0.1) is 0 Å². The van der Waals surface area contributed by atoms with E-state index in [4.69, 9.17) is 34.8 Å². The lowest BCUT2D eigenvalue weighted by Crippen LogP contribution is -2.22. The van der Waals surface area contributed by atoms with Crippen LogP contribution in [0.5, 0.6) is 0 Å². The van der Waals surface area contributed by atoms with Crippen molar-refractivity contribution in [3.63, 3.8) is 0 Å². The lowest BCUT2D eigenvalue weighted by molar-refractivity contribution is 0.621. The van der Waals surface area contributed by atoms with E-state index in [1.807, 2.05) is 25.2 Å². The smallest absolute Gasteiger partial charge is 0.178 e. The second-order valence-electron chi connectivity index (χ2n) is 4.82. The van der Waals surface area contributed by atoms with Crippen molar-refractivity contribution in [1.82, 2.24) is 25.5 Å². The Hall–Kier alpha value is -1.66. The van der Waals surface area contributed by atoms with Crippen LogP contribution in [0.4, 0.5) is 0 Å². The van der Waals surface area contributed by atoms with Crippen LogP contribution in [0.2, 0.25) is 15.1 Å². The Kier molecular flexibility index (Phi) is 4.82. The average molecular weight is 369 g/mol. The fourth-order valence-electron chi connectivity index (χ4n) is 2.33. The Balaban J connectivity index is 2.08. The predicted octanol–water partition coefficient (Wildman–Crippen LogP) is 3.93. The Morgan fingerprint density at radius 2 is 1.83 bits per heavy atom. The summed E-state index contributed by atoms with van der Waals surface area (Å²) >= 11 is 18.3. The van der Waals surface area contributed by atoms with E-state index in [1.165, 1.54) is 0 Å². The molecule has 0 saturated carbocycles. The van der Waals surface area contributed by atoms with E-state index in [-0.39, 0.29) is 6.04 Å². The topological polar surface area (TPSA) is 55.6 Å². The molecule has 0 bridgehead atoms. The molecule has 5 nitrogen and oxygen atoms in total. The molecule has 0 aliphatic carbocycles. The summed E-state index contributed by atoms with van der Waals surface area (Å²) in [5.74, 6) is 0.596. The molecule has 1 N–H and O–H groups in total. The largest absolute Gasteiger partial charge is 0.307 e. The Bertz CT molecular complexity index is 833. The van der Waals surface area contributed by atoms with Crippen molar-refractivity contribution >= 4 is 34.8 Å². The zero-order chi connectivity index (χ0) is 16.4. The molecule has 0 radical (unpaired) electrons. The first-order chi connectivity index (χ1) is 11.1. The molecule has 0 saturated heterocycles. The first-order valence-electron chi connectivity index (χ1n) is 6.76. The molecule has 1 atom stereocenters. The van der Waals surface area contributed by atoms with Gasteiger partial charge < -0.3 is 5.32 Å². The summed E-state index contributed by atoms with van der Waals surface area (Å²) in [4.78, 5) is 0. The quantitative estimate of drug-likeness (QED) is 0.758. The van der Waals surface area contributed by atoms with Gasteiger partial charge in [0.25, 0.3) is 0 Å². The fourth-order valence-corrected chi connectivity index (χ4v) is 3.03. The number of nitrogens with one attached hydrogen (secondary N) is 1. The zero-order valence-corrected chi connectivity index (χ0v) is 14.3. The number of hydrogen-bond acceptors (Lipinski definition) is 4. The Labute approximate surface area is 148 Å². The molecule has 0 spiro atoms. The highest BCUT2D eigenvalue weighted by Crippen LogP contribution is 2.30. The van der Waals surface area contributed by atoms with Crippen LogP contribution < -0.4 is 5.32 Å². The van der Waals surface area contributed by atoms with E-state index in [1.54, 1.807) is 28.9 Å². The number of benzene rings is 2. The Morgan fingerprint density at radius 1 is 1.04 bits per heavy atom. The highest BCUT2D eigenvalue weighted by atomic mass is 35.5. The summed E-state index contributed by atoms with van der Waals surface area (Å²) in [6, 6.07) is 12.3. The molecule has 1 unspecified atom stereocenters. The number of nitrogens with zero attached hydrogens (tertiary/aromatic N) is 4. The molecule has 3 rings (SSSR count). The molecule has 1 heterocycles. The van der Waals surface area contributed by atoms with Crippen LogP contribution in [0.1, 0.15) is 17.4 Å². The molecule has 3 aromatic rings. The van der Waals surface area contributed by atoms with Crippen LogP contribution in [-0.2, 0) is 0 Å². The van der Waals surface area contributed by atoms with E-state index in [0.29, 0.717) is 20.9 Å². The number of tetrazole rings is 1. The van der Waals surface area contributed by atoms with Gasteiger partial charge in [-0.2, -0.15) is 4.68 Å². The van der Waals surface area contributed by atoms with Gasteiger partial charge in [-0.05, 0) is 53.4 Å². The van der Waals surface area contributed by atoms with Gasteiger partial charge in [-0.15, -0.1) is 5.10 Å². The van der Waals surface area contributed by atoms with E-state index in [9.17, 15) is 0 Å². The van der Waals surface area contributed by atoms with Crippen molar-refractivity contribution in [2.75, 3.05) is 7.05 Å². The number of aromatic nitrogens is 4. The van der Waals surface area contributed by atoms with Crippen molar-refractivity contribution in [2.45, 2.75) is 6.04 Å². The third-order valence-electron chi connectivity index (χ3n) is 3.37. The van der Waals surface area contributed by atoms with E-state index in [0.717, 1.165) is 11.3 Å². The minimum absolute atomic E-state index is 0.297. The van der Waals surface area contributed by atoms with E-state index < -0.39 is 0 Å². The molecular weight excluding hydrogens is 357 g/mol. The third kappa shape index (κ3) is 3.33. The summed E-state index contributed by atoms with van der Waals surface area (Å²) in [5, 5.41) is 16.9. The monoisotopic (exact) mass is 367 g/mol. The van der Waals surface area contributed by atoms with Crippen LogP contribution in [0.3, 0.4) is 0 Å². The maximum Gasteiger partial charge on any atom is 0.178 e. The molecule has 0 aliphatic rings. The average Bonchev–Trinajstić information content (AvgIpc) is 2.99. The first kappa shape index (κ1) is 16.2. The van der Waals surface area contributed by atoms with E-state index in [2.05, 4.69) is 20.8 Å². The molecule has 23 heavy (non-hydrogen) atoms. The molecule has 8 heteroatoms. The maximum absolute atomic E-state index is 6.32. The van der Waals surface area contributed by atoms with Gasteiger partial charge in [0.05, 0.1) is 11.7 Å². The van der Waals surface area contributed by atoms with Gasteiger partial charge in [0.1, 0.15) is 0 Å². The van der Waals surface area contributed by atoms with Crippen molar-refractivity contribution < 1.29 is 0 Å². The zero-order valence-electron chi connectivity index (χ0n) is 12.0. The van der Waals surface area contributed by atoms with Crippen LogP contribution in [0.15, 0.2) is 42.5 Å². The predicted molar refractivity (Wildman–Crippen MR) is 91.5 cm³/mol. The van der Waals surface area contributed by atoms with Crippen molar-refractivity contribution in [3.05, 3.63) is 68.9 Å². The minimum Gasteiger partial charge on any atom is -0.307 e. The van der Waals surface area contributed by atoms with Crippen LogP contribution in [-0.4, -0.2) is 27.3 Å². The number of hydrogen-bond donors (Lipinski definition) is 1. The fraction of sp³-hybridized carbons (Fsp3) is 0.133. The molecule has 2 aromatic carbocycles. The maximum atomic E-state index is 6.32. The normalized spacial score (nSPS) is 12.3. The Morgan fingerprint density at radius 3 is 2.52 bits per heavy atom. The van der Waals surface area contributed by atoms with Crippen molar-refractivity contribution in [1.29, 1.82) is 0 Å². The molecule has 0 fully saturated rings. The van der Waals surface area contributed by atoms with Gasteiger partial charge in [0.15, 0.2) is 5.82 Å². The summed E-state index contributed by atoms with van der Waals surface area (Å²) in [5.41, 5.74) is 1.60. The summed E-state index contributed by atoms with van der Waals surface area (Å²) in [7, 11) is 1.81. The summed E-state index contributed by atoms with van der Waals surface area (Å²) < 4.78 is 1.62. The standard InChI is InChI=1S/C15H12Cl3N5/c1-19-14(12-6-5-10(17)8-13(12)18)15-20-21-22-23(15)11-4-2-3-9(16)7-11/h2-8,14,19H,1H3. The SMILES string of the molecule is CNC(c1ccc(Cl)cc1Cl)c1nnnn1-c1cccc(Cl)c1. The molecule has 1 aromatic heterocycles. The summed E-state index contributed by atoms with van der Waals surface area (Å²) in [6.45, 7) is 0. The van der Waals surface area contributed by atoms with Crippen LogP contribution >= 0.6 is 34.8 Å². The van der Waals surface area contributed by atoms with E-state index >= 15 is 0 Å². The van der Waals surface area contributed by atoms with Crippen molar-refractivity contribution in [3.8, 4) is 5.69 Å². The van der Waals surface area contributed by atoms with Crippen LogP contribution in [0.25, 0.3) is 5.69 Å². The molecule has 118 valence electrons. The second-order valence-corrected chi connectivity index (χ2v) is 6.10. The lowest BCUT2D eigenvalue weighted by atomic mass is 10.1. The highest BCUT2D eigenvalue weighted by Gasteiger charge is 2.22. The lowest BCUT2D eigenvalue weighted by Gasteiger charge is -2.17. The van der Waals surface area contributed by atoms with Gasteiger partial charge in [-0.1, -0.05) is 46.9 Å². The number of halogens is 3. The second kappa shape index (κ2) is 6.84. The molecular formula is C15H12Cl3N5. The first-order valence-corrected chi connectivity index (χ1v) is 7.90. The molecule has 0 aliphatic heterocycles. The minimum atomic E-state index is -0.297. The summed E-state index contributed by atoms with van der Waals surface area (Å²) in [6.07, 6.45) is 0.